The van der Waals surface area contributed by atoms with Crippen LogP contribution in [0.3, 0.4) is 0 Å². The number of allylic oxidation sites excluding steroid dienone is 2. The Bertz CT molecular complexity index is 249. The SMILES string of the molecule is CC1=C\CNC(C)C\C=C(C)/N=C/1. The Kier molecular flexibility index (Phi) is 3.90. The Morgan fingerprint density at radius 1 is 1.38 bits per heavy atom. The number of hydrogen-bond donors (Lipinski definition) is 1. The summed E-state index contributed by atoms with van der Waals surface area (Å²) < 4.78 is 0. The molecule has 1 unspecified atom stereocenters. The molecule has 72 valence electrons. The van der Waals surface area contributed by atoms with E-state index in [1.54, 1.807) is 0 Å². The molecule has 0 bridgehead atoms. The largest absolute Gasteiger partial charge is 0.310 e. The van der Waals surface area contributed by atoms with Crippen molar-refractivity contribution < 1.29 is 0 Å². The van der Waals surface area contributed by atoms with Crippen molar-refractivity contribution in [2.75, 3.05) is 6.54 Å². The molecule has 0 aromatic heterocycles. The van der Waals surface area contributed by atoms with Gasteiger partial charge in [0.1, 0.15) is 0 Å². The van der Waals surface area contributed by atoms with E-state index in [1.165, 1.54) is 5.57 Å². The average Bonchev–Trinajstić information content (AvgIpc) is 2.10. The standard InChI is InChI=1S/C11H18N2/c1-9-6-7-12-10(2)4-5-11(3)13-8-9/h5-6,8,10,12H,4,7H2,1-3H3/b9-6-,11-5-,13-8+. The van der Waals surface area contributed by atoms with E-state index in [2.05, 4.69) is 36.3 Å². The lowest BCUT2D eigenvalue weighted by atomic mass is 10.2. The minimum absolute atomic E-state index is 0.535. The molecule has 0 radical (unpaired) electrons. The zero-order valence-electron chi connectivity index (χ0n) is 8.67. The average molecular weight is 178 g/mol. The zero-order chi connectivity index (χ0) is 9.68. The number of aliphatic imine (C=N–C) groups is 1. The van der Waals surface area contributed by atoms with Crippen LogP contribution < -0.4 is 5.32 Å². The molecule has 1 aliphatic rings. The molecule has 1 heterocycles. The molecule has 0 saturated heterocycles. The van der Waals surface area contributed by atoms with Gasteiger partial charge in [-0.05, 0) is 32.8 Å². The van der Waals surface area contributed by atoms with Gasteiger partial charge in [-0.2, -0.15) is 0 Å². The van der Waals surface area contributed by atoms with Gasteiger partial charge >= 0.3 is 0 Å². The van der Waals surface area contributed by atoms with E-state index >= 15 is 0 Å². The first-order chi connectivity index (χ1) is 6.18. The number of hydrogen-bond acceptors (Lipinski definition) is 2. The first kappa shape index (κ1) is 10.2. The maximum atomic E-state index is 4.34. The smallest absolute Gasteiger partial charge is 0.0333 e. The Labute approximate surface area is 80.4 Å². The molecule has 1 N–H and O–H groups in total. The van der Waals surface area contributed by atoms with E-state index in [1.807, 2.05) is 13.1 Å². The minimum Gasteiger partial charge on any atom is -0.310 e. The van der Waals surface area contributed by atoms with Crippen LogP contribution in [0.1, 0.15) is 27.2 Å². The second-order valence-electron chi connectivity index (χ2n) is 3.60. The number of nitrogens with one attached hydrogen (secondary N) is 1. The van der Waals surface area contributed by atoms with Gasteiger partial charge in [-0.1, -0.05) is 12.2 Å². The minimum atomic E-state index is 0.535. The topological polar surface area (TPSA) is 24.4 Å². The van der Waals surface area contributed by atoms with E-state index < -0.39 is 0 Å². The fourth-order valence-corrected chi connectivity index (χ4v) is 1.16. The molecule has 0 aromatic rings. The summed E-state index contributed by atoms with van der Waals surface area (Å²) in [6, 6.07) is 0.535. The molecule has 1 atom stereocenters. The van der Waals surface area contributed by atoms with Crippen LogP contribution in [-0.2, 0) is 0 Å². The lowest BCUT2D eigenvalue weighted by molar-refractivity contribution is 0.588. The first-order valence-electron chi connectivity index (χ1n) is 4.79. The van der Waals surface area contributed by atoms with Crippen LogP contribution in [0.2, 0.25) is 0 Å². The van der Waals surface area contributed by atoms with E-state index in [-0.39, 0.29) is 0 Å². The van der Waals surface area contributed by atoms with Crippen LogP contribution in [0.15, 0.2) is 28.4 Å². The van der Waals surface area contributed by atoms with Gasteiger partial charge in [0, 0.05) is 24.5 Å². The van der Waals surface area contributed by atoms with E-state index in [9.17, 15) is 0 Å². The summed E-state index contributed by atoms with van der Waals surface area (Å²) >= 11 is 0. The van der Waals surface area contributed by atoms with Crippen molar-refractivity contribution in [3.8, 4) is 0 Å². The van der Waals surface area contributed by atoms with Crippen LogP contribution in [0.5, 0.6) is 0 Å². The number of nitrogens with zero attached hydrogens (tertiary/aromatic N) is 1. The molecule has 0 amide bonds. The molecule has 0 aromatic carbocycles. The van der Waals surface area contributed by atoms with Crippen molar-refractivity contribution in [1.82, 2.24) is 5.32 Å². The second kappa shape index (κ2) is 4.97. The van der Waals surface area contributed by atoms with Crippen LogP contribution in [0.4, 0.5) is 0 Å². The van der Waals surface area contributed by atoms with Crippen molar-refractivity contribution >= 4 is 6.21 Å². The van der Waals surface area contributed by atoms with E-state index in [0.29, 0.717) is 6.04 Å². The predicted molar refractivity (Wildman–Crippen MR) is 58.1 cm³/mol. The molecule has 0 spiro atoms. The Hall–Kier alpha value is -0.890. The van der Waals surface area contributed by atoms with Crippen molar-refractivity contribution in [3.63, 3.8) is 0 Å². The molecular formula is C11H18N2. The molecule has 13 heavy (non-hydrogen) atoms. The van der Waals surface area contributed by atoms with Crippen molar-refractivity contribution in [2.24, 2.45) is 4.99 Å². The van der Waals surface area contributed by atoms with Crippen LogP contribution in [0.25, 0.3) is 0 Å². The summed E-state index contributed by atoms with van der Waals surface area (Å²) in [4.78, 5) is 4.34. The molecule has 2 nitrogen and oxygen atoms in total. The Morgan fingerprint density at radius 3 is 2.92 bits per heavy atom. The summed E-state index contributed by atoms with van der Waals surface area (Å²) in [5, 5.41) is 3.42. The third-order valence-corrected chi connectivity index (χ3v) is 2.13. The van der Waals surface area contributed by atoms with Gasteiger partial charge < -0.3 is 5.32 Å². The van der Waals surface area contributed by atoms with Gasteiger partial charge in [0.25, 0.3) is 0 Å². The van der Waals surface area contributed by atoms with Crippen molar-refractivity contribution in [3.05, 3.63) is 23.4 Å². The summed E-state index contributed by atoms with van der Waals surface area (Å²) in [7, 11) is 0. The van der Waals surface area contributed by atoms with Crippen LogP contribution in [0, 0.1) is 0 Å². The Morgan fingerprint density at radius 2 is 2.15 bits per heavy atom. The fraction of sp³-hybridized carbons (Fsp3) is 0.545. The van der Waals surface area contributed by atoms with Crippen LogP contribution in [-0.4, -0.2) is 18.8 Å². The van der Waals surface area contributed by atoms with E-state index in [0.717, 1.165) is 18.7 Å². The van der Waals surface area contributed by atoms with Gasteiger partial charge in [0.05, 0.1) is 0 Å². The quantitative estimate of drug-likeness (QED) is 0.604. The zero-order valence-corrected chi connectivity index (χ0v) is 8.67. The maximum absolute atomic E-state index is 4.34. The molecule has 1 rings (SSSR count). The molecule has 0 saturated carbocycles. The monoisotopic (exact) mass is 178 g/mol. The predicted octanol–water partition coefficient (Wildman–Crippen LogP) is 2.29. The molecule has 0 aliphatic carbocycles. The van der Waals surface area contributed by atoms with Crippen molar-refractivity contribution in [2.45, 2.75) is 33.2 Å². The highest BCUT2D eigenvalue weighted by molar-refractivity contribution is 5.78. The molecule has 2 heteroatoms. The highest BCUT2D eigenvalue weighted by atomic mass is 14.9. The second-order valence-corrected chi connectivity index (χ2v) is 3.60. The highest BCUT2D eigenvalue weighted by Gasteiger charge is 1.98. The molecular weight excluding hydrogens is 160 g/mol. The van der Waals surface area contributed by atoms with Gasteiger partial charge in [-0.3, -0.25) is 4.99 Å². The van der Waals surface area contributed by atoms with Gasteiger partial charge in [-0.15, -0.1) is 0 Å². The van der Waals surface area contributed by atoms with Gasteiger partial charge in [0.2, 0.25) is 0 Å². The highest BCUT2D eigenvalue weighted by Crippen LogP contribution is 2.02. The summed E-state index contributed by atoms with van der Waals surface area (Å²) in [6.07, 6.45) is 7.31. The molecule has 1 aliphatic heterocycles. The third kappa shape index (κ3) is 4.04. The maximum Gasteiger partial charge on any atom is 0.0333 e. The van der Waals surface area contributed by atoms with Crippen LogP contribution >= 0.6 is 0 Å². The van der Waals surface area contributed by atoms with Gasteiger partial charge in [-0.25, -0.2) is 0 Å². The first-order valence-corrected chi connectivity index (χ1v) is 4.79. The molecule has 0 fully saturated rings. The number of rotatable bonds is 0. The Balaban J connectivity index is 2.73. The van der Waals surface area contributed by atoms with E-state index in [4.69, 9.17) is 0 Å². The lowest BCUT2D eigenvalue weighted by Crippen LogP contribution is -2.25. The summed E-state index contributed by atoms with van der Waals surface area (Å²) in [5.74, 6) is 0. The fourth-order valence-electron chi connectivity index (χ4n) is 1.16. The normalized spacial score (nSPS) is 35.5. The lowest BCUT2D eigenvalue weighted by Gasteiger charge is -2.11. The third-order valence-electron chi connectivity index (χ3n) is 2.13. The summed E-state index contributed by atoms with van der Waals surface area (Å²) in [6.45, 7) is 7.24. The van der Waals surface area contributed by atoms with Crippen molar-refractivity contribution in [1.29, 1.82) is 0 Å². The van der Waals surface area contributed by atoms with Gasteiger partial charge in [0.15, 0.2) is 0 Å². The summed E-state index contributed by atoms with van der Waals surface area (Å²) in [5.41, 5.74) is 2.32.